The van der Waals surface area contributed by atoms with E-state index in [0.29, 0.717) is 0 Å². The van der Waals surface area contributed by atoms with Gasteiger partial charge in [-0.25, -0.2) is 14.0 Å². The molecule has 1 aliphatic carbocycles. The molecular formula is C14H17FN2O3. The van der Waals surface area contributed by atoms with Crippen molar-refractivity contribution in [3.63, 3.8) is 0 Å². The number of rotatable bonds is 5. The molecule has 5 nitrogen and oxygen atoms in total. The highest BCUT2D eigenvalue weighted by Crippen LogP contribution is 2.32. The van der Waals surface area contributed by atoms with Crippen LogP contribution in [-0.4, -0.2) is 23.1 Å². The number of carboxylic acid groups (broad SMARTS) is 1. The Bertz CT molecular complexity index is 500. The second-order valence-corrected chi connectivity index (χ2v) is 5.04. The van der Waals surface area contributed by atoms with Gasteiger partial charge in [0.15, 0.2) is 0 Å². The molecule has 1 aliphatic rings. The van der Waals surface area contributed by atoms with Gasteiger partial charge in [-0.1, -0.05) is 12.1 Å². The molecule has 3 N–H and O–H groups in total. The van der Waals surface area contributed by atoms with Gasteiger partial charge in [0, 0.05) is 0 Å². The van der Waals surface area contributed by atoms with Crippen LogP contribution in [0.25, 0.3) is 0 Å². The highest BCUT2D eigenvalue weighted by Gasteiger charge is 2.37. The van der Waals surface area contributed by atoms with Gasteiger partial charge in [0.25, 0.3) is 0 Å². The standard InChI is InChI=1S/C14H17FN2O3/c1-8(9-4-6-11(15)7-5-9)16-14(20)17-12(13(18)19)10-2-3-10/h4-8,10,12H,2-3H2,1H3,(H,18,19)(H2,16,17,20). The van der Waals surface area contributed by atoms with Gasteiger partial charge in [-0.15, -0.1) is 0 Å². The fourth-order valence-corrected chi connectivity index (χ4v) is 2.03. The van der Waals surface area contributed by atoms with E-state index in [9.17, 15) is 14.0 Å². The van der Waals surface area contributed by atoms with Crippen LogP contribution in [0, 0.1) is 11.7 Å². The van der Waals surface area contributed by atoms with Crippen molar-refractivity contribution in [2.75, 3.05) is 0 Å². The number of aliphatic carboxylic acids is 1. The van der Waals surface area contributed by atoms with Crippen LogP contribution in [0.2, 0.25) is 0 Å². The number of amides is 2. The van der Waals surface area contributed by atoms with Crippen molar-refractivity contribution in [1.29, 1.82) is 0 Å². The Morgan fingerprint density at radius 1 is 1.25 bits per heavy atom. The SMILES string of the molecule is CC(NC(=O)NC(C(=O)O)C1CC1)c1ccc(F)cc1. The first-order valence-electron chi connectivity index (χ1n) is 6.52. The van der Waals surface area contributed by atoms with Gasteiger partial charge in [-0.05, 0) is 43.4 Å². The number of hydrogen-bond acceptors (Lipinski definition) is 2. The number of benzene rings is 1. The molecule has 2 unspecified atom stereocenters. The summed E-state index contributed by atoms with van der Waals surface area (Å²) in [6.07, 6.45) is 1.65. The zero-order valence-corrected chi connectivity index (χ0v) is 11.1. The predicted molar refractivity (Wildman–Crippen MR) is 70.6 cm³/mol. The Hall–Kier alpha value is -2.11. The molecular weight excluding hydrogens is 263 g/mol. The first-order chi connectivity index (χ1) is 9.47. The van der Waals surface area contributed by atoms with Crippen LogP contribution in [0.1, 0.15) is 31.4 Å². The first kappa shape index (κ1) is 14.3. The Labute approximate surface area is 116 Å². The average Bonchev–Trinajstić information content (AvgIpc) is 3.20. The van der Waals surface area contributed by atoms with Crippen LogP contribution < -0.4 is 10.6 Å². The Morgan fingerprint density at radius 3 is 2.35 bits per heavy atom. The smallest absolute Gasteiger partial charge is 0.326 e. The maximum Gasteiger partial charge on any atom is 0.326 e. The maximum atomic E-state index is 12.8. The molecule has 2 rings (SSSR count). The number of nitrogens with one attached hydrogen (secondary N) is 2. The van der Waals surface area contributed by atoms with E-state index < -0.39 is 18.0 Å². The molecule has 0 radical (unpaired) electrons. The summed E-state index contributed by atoms with van der Waals surface area (Å²) < 4.78 is 12.8. The molecule has 2 amide bonds. The van der Waals surface area contributed by atoms with Crippen molar-refractivity contribution in [2.45, 2.75) is 31.8 Å². The van der Waals surface area contributed by atoms with Crippen LogP contribution >= 0.6 is 0 Å². The van der Waals surface area contributed by atoms with Gasteiger partial charge in [0.1, 0.15) is 11.9 Å². The van der Waals surface area contributed by atoms with Crippen LogP contribution in [0.3, 0.4) is 0 Å². The fraction of sp³-hybridized carbons (Fsp3) is 0.429. The summed E-state index contributed by atoms with van der Waals surface area (Å²) >= 11 is 0. The molecule has 2 atom stereocenters. The van der Waals surface area contributed by atoms with Crippen molar-refractivity contribution < 1.29 is 19.1 Å². The highest BCUT2D eigenvalue weighted by atomic mass is 19.1. The van der Waals surface area contributed by atoms with E-state index >= 15 is 0 Å². The van der Waals surface area contributed by atoms with Gasteiger partial charge in [-0.3, -0.25) is 0 Å². The molecule has 0 saturated heterocycles. The number of urea groups is 1. The number of carbonyl (C=O) groups excluding carboxylic acids is 1. The van der Waals surface area contributed by atoms with Crippen LogP contribution in [0.5, 0.6) is 0 Å². The molecule has 0 spiro atoms. The van der Waals surface area contributed by atoms with E-state index in [4.69, 9.17) is 5.11 Å². The van der Waals surface area contributed by atoms with E-state index in [1.165, 1.54) is 12.1 Å². The summed E-state index contributed by atoms with van der Waals surface area (Å²) in [6.45, 7) is 1.75. The summed E-state index contributed by atoms with van der Waals surface area (Å²) in [5, 5.41) is 14.1. The lowest BCUT2D eigenvalue weighted by molar-refractivity contribution is -0.139. The van der Waals surface area contributed by atoms with E-state index in [0.717, 1.165) is 18.4 Å². The minimum absolute atomic E-state index is 0.0272. The van der Waals surface area contributed by atoms with Gasteiger partial charge < -0.3 is 15.7 Å². The highest BCUT2D eigenvalue weighted by molar-refractivity contribution is 5.83. The topological polar surface area (TPSA) is 78.4 Å². The summed E-state index contributed by atoms with van der Waals surface area (Å²) in [4.78, 5) is 22.8. The zero-order chi connectivity index (χ0) is 14.7. The minimum atomic E-state index is -1.02. The van der Waals surface area contributed by atoms with Crippen molar-refractivity contribution >= 4 is 12.0 Å². The van der Waals surface area contributed by atoms with Gasteiger partial charge in [-0.2, -0.15) is 0 Å². The zero-order valence-electron chi connectivity index (χ0n) is 11.1. The normalized spacial score (nSPS) is 17.1. The maximum absolute atomic E-state index is 12.8. The molecule has 1 fully saturated rings. The number of hydrogen-bond donors (Lipinski definition) is 3. The third-order valence-electron chi connectivity index (χ3n) is 3.36. The molecule has 0 aliphatic heterocycles. The minimum Gasteiger partial charge on any atom is -0.480 e. The number of carboxylic acids is 1. The molecule has 20 heavy (non-hydrogen) atoms. The third-order valence-corrected chi connectivity index (χ3v) is 3.36. The molecule has 0 heterocycles. The van der Waals surface area contributed by atoms with E-state index in [1.807, 2.05) is 0 Å². The molecule has 1 aromatic carbocycles. The lowest BCUT2D eigenvalue weighted by Gasteiger charge is -2.18. The fourth-order valence-electron chi connectivity index (χ4n) is 2.03. The molecule has 108 valence electrons. The predicted octanol–water partition coefficient (Wildman–Crippen LogP) is 2.05. The van der Waals surface area contributed by atoms with Crippen molar-refractivity contribution in [3.8, 4) is 0 Å². The Morgan fingerprint density at radius 2 is 1.85 bits per heavy atom. The lowest BCUT2D eigenvalue weighted by atomic mass is 10.1. The Balaban J connectivity index is 1.90. The molecule has 6 heteroatoms. The van der Waals surface area contributed by atoms with Gasteiger partial charge >= 0.3 is 12.0 Å². The summed E-state index contributed by atoms with van der Waals surface area (Å²) in [5.41, 5.74) is 0.750. The number of carbonyl (C=O) groups is 2. The van der Waals surface area contributed by atoms with Crippen LogP contribution in [0.4, 0.5) is 9.18 Å². The van der Waals surface area contributed by atoms with Gasteiger partial charge in [0.2, 0.25) is 0 Å². The van der Waals surface area contributed by atoms with E-state index in [2.05, 4.69) is 10.6 Å². The van der Waals surface area contributed by atoms with Crippen LogP contribution in [-0.2, 0) is 4.79 Å². The molecule has 1 aromatic rings. The summed E-state index contributed by atoms with van der Waals surface area (Å²) in [5.74, 6) is -1.33. The largest absolute Gasteiger partial charge is 0.480 e. The first-order valence-corrected chi connectivity index (χ1v) is 6.52. The van der Waals surface area contributed by atoms with E-state index in [1.54, 1.807) is 19.1 Å². The second-order valence-electron chi connectivity index (χ2n) is 5.04. The second kappa shape index (κ2) is 5.90. The van der Waals surface area contributed by atoms with Crippen molar-refractivity contribution in [2.24, 2.45) is 5.92 Å². The van der Waals surface area contributed by atoms with E-state index in [-0.39, 0.29) is 17.8 Å². The summed E-state index contributed by atoms with van der Waals surface area (Å²) in [6, 6.07) is 4.10. The van der Waals surface area contributed by atoms with Crippen molar-refractivity contribution in [1.82, 2.24) is 10.6 Å². The number of halogens is 1. The quantitative estimate of drug-likeness (QED) is 0.772. The molecule has 0 bridgehead atoms. The van der Waals surface area contributed by atoms with Gasteiger partial charge in [0.05, 0.1) is 6.04 Å². The van der Waals surface area contributed by atoms with Crippen LogP contribution in [0.15, 0.2) is 24.3 Å². The lowest BCUT2D eigenvalue weighted by Crippen LogP contribution is -2.47. The summed E-state index contributed by atoms with van der Waals surface area (Å²) in [7, 11) is 0. The average molecular weight is 280 g/mol. The monoisotopic (exact) mass is 280 g/mol. The molecule has 1 saturated carbocycles. The Kier molecular flexibility index (Phi) is 4.22. The molecule has 0 aromatic heterocycles. The van der Waals surface area contributed by atoms with Crippen molar-refractivity contribution in [3.05, 3.63) is 35.6 Å². The third kappa shape index (κ3) is 3.69.